The molecular formula is C16H22N2O. The third-order valence-electron chi connectivity index (χ3n) is 4.94. The number of carbonyl (C=O) groups is 1. The summed E-state index contributed by atoms with van der Waals surface area (Å²) < 4.78 is 0. The number of nitrogens with two attached hydrogens (primary N) is 1. The van der Waals surface area contributed by atoms with Gasteiger partial charge < -0.3 is 11.1 Å². The Hall–Kier alpha value is -1.35. The summed E-state index contributed by atoms with van der Waals surface area (Å²) in [6.07, 6.45) is 4.46. The van der Waals surface area contributed by atoms with Gasteiger partial charge in [0.05, 0.1) is 5.92 Å². The fraction of sp³-hybridized carbons (Fsp3) is 0.562. The molecule has 4 atom stereocenters. The summed E-state index contributed by atoms with van der Waals surface area (Å²) in [5.41, 5.74) is 8.37. The summed E-state index contributed by atoms with van der Waals surface area (Å²) in [5.74, 6) is 1.22. The third kappa shape index (κ3) is 2.16. The predicted octanol–water partition coefficient (Wildman–Crippen LogP) is 2.56. The molecule has 1 amide bonds. The van der Waals surface area contributed by atoms with Crippen LogP contribution in [-0.2, 0) is 11.2 Å². The molecule has 102 valence electrons. The van der Waals surface area contributed by atoms with E-state index in [9.17, 15) is 4.79 Å². The Morgan fingerprint density at radius 1 is 1.32 bits per heavy atom. The highest BCUT2D eigenvalue weighted by Crippen LogP contribution is 2.47. The lowest BCUT2D eigenvalue weighted by Crippen LogP contribution is -2.42. The number of amides is 1. The number of benzene rings is 1. The van der Waals surface area contributed by atoms with E-state index >= 15 is 0 Å². The van der Waals surface area contributed by atoms with Crippen LogP contribution in [0.25, 0.3) is 0 Å². The molecule has 0 radical (unpaired) electrons. The number of nitrogens with one attached hydrogen (secondary N) is 1. The Morgan fingerprint density at radius 2 is 2.05 bits per heavy atom. The van der Waals surface area contributed by atoms with Gasteiger partial charge in [-0.1, -0.05) is 25.1 Å². The number of anilines is 1. The maximum atomic E-state index is 12.5. The van der Waals surface area contributed by atoms with E-state index in [1.165, 1.54) is 18.4 Å². The van der Waals surface area contributed by atoms with Gasteiger partial charge in [-0.3, -0.25) is 4.79 Å². The summed E-state index contributed by atoms with van der Waals surface area (Å²) >= 11 is 0. The second kappa shape index (κ2) is 4.97. The van der Waals surface area contributed by atoms with Gasteiger partial charge >= 0.3 is 0 Å². The highest BCUT2D eigenvalue weighted by Gasteiger charge is 2.49. The number of rotatable bonds is 3. The van der Waals surface area contributed by atoms with Crippen molar-refractivity contribution in [2.75, 3.05) is 5.32 Å². The molecule has 3 heteroatoms. The zero-order valence-corrected chi connectivity index (χ0v) is 11.4. The van der Waals surface area contributed by atoms with Gasteiger partial charge in [0.1, 0.15) is 0 Å². The van der Waals surface area contributed by atoms with Gasteiger partial charge in [-0.15, -0.1) is 0 Å². The smallest absolute Gasteiger partial charge is 0.229 e. The first-order valence-electron chi connectivity index (χ1n) is 7.35. The first-order chi connectivity index (χ1) is 9.20. The lowest BCUT2D eigenvalue weighted by molar-refractivity contribution is -0.121. The van der Waals surface area contributed by atoms with Crippen molar-refractivity contribution in [3.63, 3.8) is 0 Å². The molecule has 2 saturated carbocycles. The van der Waals surface area contributed by atoms with E-state index in [4.69, 9.17) is 5.73 Å². The second-order valence-corrected chi connectivity index (χ2v) is 5.94. The van der Waals surface area contributed by atoms with Crippen molar-refractivity contribution in [3.05, 3.63) is 29.8 Å². The minimum atomic E-state index is 0.0173. The van der Waals surface area contributed by atoms with Crippen LogP contribution < -0.4 is 11.1 Å². The minimum Gasteiger partial charge on any atom is -0.327 e. The standard InChI is InChI=1S/C16H22N2O/c1-2-10-5-3-4-6-13(10)18-16(19)14-11-7-8-12(9-11)15(14)17/h3-6,11-12,14-15H,2,7-9,17H2,1H3,(H,18,19). The predicted molar refractivity (Wildman–Crippen MR) is 76.7 cm³/mol. The van der Waals surface area contributed by atoms with Crippen LogP contribution in [0.2, 0.25) is 0 Å². The van der Waals surface area contributed by atoms with Crippen molar-refractivity contribution in [3.8, 4) is 0 Å². The van der Waals surface area contributed by atoms with Crippen molar-refractivity contribution in [2.45, 2.75) is 38.6 Å². The van der Waals surface area contributed by atoms with E-state index in [1.807, 2.05) is 18.2 Å². The number of hydrogen-bond acceptors (Lipinski definition) is 2. The molecule has 4 unspecified atom stereocenters. The van der Waals surface area contributed by atoms with Crippen LogP contribution in [0.5, 0.6) is 0 Å². The van der Waals surface area contributed by atoms with E-state index in [0.717, 1.165) is 18.5 Å². The molecule has 0 heterocycles. The maximum Gasteiger partial charge on any atom is 0.229 e. The number of para-hydroxylation sites is 1. The van der Waals surface area contributed by atoms with Crippen LogP contribution in [0.15, 0.2) is 24.3 Å². The van der Waals surface area contributed by atoms with Crippen molar-refractivity contribution in [2.24, 2.45) is 23.5 Å². The van der Waals surface area contributed by atoms with Gasteiger partial charge in [-0.2, -0.15) is 0 Å². The van der Waals surface area contributed by atoms with Crippen molar-refractivity contribution >= 4 is 11.6 Å². The average molecular weight is 258 g/mol. The topological polar surface area (TPSA) is 55.1 Å². The third-order valence-corrected chi connectivity index (χ3v) is 4.94. The minimum absolute atomic E-state index is 0.0173. The number of carbonyl (C=O) groups excluding carboxylic acids is 1. The molecule has 1 aromatic rings. The van der Waals surface area contributed by atoms with E-state index in [0.29, 0.717) is 11.8 Å². The van der Waals surface area contributed by atoms with E-state index in [2.05, 4.69) is 18.3 Å². The average Bonchev–Trinajstić information content (AvgIpc) is 3.00. The van der Waals surface area contributed by atoms with Crippen LogP contribution in [0.3, 0.4) is 0 Å². The maximum absolute atomic E-state index is 12.5. The Kier molecular flexibility index (Phi) is 3.31. The van der Waals surface area contributed by atoms with Crippen LogP contribution in [0, 0.1) is 17.8 Å². The summed E-state index contributed by atoms with van der Waals surface area (Å²) in [5, 5.41) is 3.10. The molecule has 3 N–H and O–H groups in total. The summed E-state index contributed by atoms with van der Waals surface area (Å²) in [7, 11) is 0. The zero-order valence-electron chi connectivity index (χ0n) is 11.4. The van der Waals surface area contributed by atoms with Crippen LogP contribution in [0.1, 0.15) is 31.7 Å². The van der Waals surface area contributed by atoms with Gasteiger partial charge in [0.15, 0.2) is 0 Å². The van der Waals surface area contributed by atoms with E-state index < -0.39 is 0 Å². The lowest BCUT2D eigenvalue weighted by atomic mass is 9.84. The zero-order chi connectivity index (χ0) is 13.4. The highest BCUT2D eigenvalue weighted by molar-refractivity contribution is 5.94. The summed E-state index contributed by atoms with van der Waals surface area (Å²) in [6, 6.07) is 8.09. The quantitative estimate of drug-likeness (QED) is 0.875. The fourth-order valence-corrected chi connectivity index (χ4v) is 3.89. The summed E-state index contributed by atoms with van der Waals surface area (Å²) in [4.78, 5) is 12.5. The molecule has 1 aromatic carbocycles. The normalized spacial score (nSPS) is 32.5. The van der Waals surface area contributed by atoms with Crippen molar-refractivity contribution in [1.29, 1.82) is 0 Å². The molecule has 0 aromatic heterocycles. The Bertz CT molecular complexity index is 483. The molecule has 3 nitrogen and oxygen atoms in total. The van der Waals surface area contributed by atoms with Gasteiger partial charge in [-0.05, 0) is 49.1 Å². The van der Waals surface area contributed by atoms with E-state index in [1.54, 1.807) is 0 Å². The van der Waals surface area contributed by atoms with E-state index in [-0.39, 0.29) is 17.9 Å². The van der Waals surface area contributed by atoms with Crippen molar-refractivity contribution in [1.82, 2.24) is 0 Å². The molecule has 19 heavy (non-hydrogen) atoms. The largest absolute Gasteiger partial charge is 0.327 e. The molecule has 0 saturated heterocycles. The number of fused-ring (bicyclic) bond motifs is 2. The molecule has 0 aliphatic heterocycles. The Balaban J connectivity index is 1.75. The van der Waals surface area contributed by atoms with Crippen molar-refractivity contribution < 1.29 is 4.79 Å². The number of aryl methyl sites for hydroxylation is 1. The van der Waals surface area contributed by atoms with Crippen LogP contribution in [-0.4, -0.2) is 11.9 Å². The Morgan fingerprint density at radius 3 is 2.74 bits per heavy atom. The van der Waals surface area contributed by atoms with Gasteiger partial charge in [0.2, 0.25) is 5.91 Å². The van der Waals surface area contributed by atoms with Gasteiger partial charge in [0.25, 0.3) is 0 Å². The molecule has 2 bridgehead atoms. The van der Waals surface area contributed by atoms with Gasteiger partial charge in [0, 0.05) is 11.7 Å². The fourth-order valence-electron chi connectivity index (χ4n) is 3.89. The molecule has 2 fully saturated rings. The first kappa shape index (κ1) is 12.7. The molecule has 2 aliphatic carbocycles. The van der Waals surface area contributed by atoms with Crippen LogP contribution >= 0.6 is 0 Å². The molecule has 2 aliphatic rings. The Labute approximate surface area is 114 Å². The monoisotopic (exact) mass is 258 g/mol. The SMILES string of the molecule is CCc1ccccc1NC(=O)C1C2CCC(C2)C1N. The lowest BCUT2D eigenvalue weighted by Gasteiger charge is -2.27. The first-order valence-corrected chi connectivity index (χ1v) is 7.35. The number of hydrogen-bond donors (Lipinski definition) is 2. The second-order valence-electron chi connectivity index (χ2n) is 5.94. The van der Waals surface area contributed by atoms with Crippen LogP contribution in [0.4, 0.5) is 5.69 Å². The van der Waals surface area contributed by atoms with Gasteiger partial charge in [-0.25, -0.2) is 0 Å². The summed E-state index contributed by atoms with van der Waals surface area (Å²) in [6.45, 7) is 2.11. The highest BCUT2D eigenvalue weighted by atomic mass is 16.2. The molecule has 0 spiro atoms. The molecule has 3 rings (SSSR count). The molecular weight excluding hydrogens is 236 g/mol.